The van der Waals surface area contributed by atoms with Crippen LogP contribution in [-0.4, -0.2) is 29.2 Å². The molecule has 0 aromatic heterocycles. The highest BCUT2D eigenvalue weighted by atomic mass is 35.5. The van der Waals surface area contributed by atoms with Gasteiger partial charge in [0.2, 0.25) is 11.8 Å². The van der Waals surface area contributed by atoms with E-state index in [1.807, 2.05) is 0 Å². The quantitative estimate of drug-likeness (QED) is 0.448. The van der Waals surface area contributed by atoms with Crippen LogP contribution in [-0.2, 0) is 14.4 Å². The minimum atomic E-state index is -0.776. The van der Waals surface area contributed by atoms with Crippen LogP contribution in [0.5, 0.6) is 5.75 Å². The Hall–Kier alpha value is -1.30. The fourth-order valence-corrected chi connectivity index (χ4v) is 4.18. The second kappa shape index (κ2) is 6.90. The number of carbonyl (C=O) groups excluding carboxylic acids is 3. The second-order valence-corrected chi connectivity index (χ2v) is 7.18. The van der Waals surface area contributed by atoms with Crippen LogP contribution in [0.1, 0.15) is 25.7 Å². The highest BCUT2D eigenvalue weighted by Gasteiger charge is 2.48. The Kier molecular flexibility index (Phi) is 5.04. The number of ether oxygens (including phenoxy) is 1. The maximum absolute atomic E-state index is 12.3. The summed E-state index contributed by atoms with van der Waals surface area (Å²) >= 11 is 17.7. The van der Waals surface area contributed by atoms with Crippen LogP contribution >= 0.6 is 34.8 Å². The van der Waals surface area contributed by atoms with E-state index < -0.39 is 12.5 Å². The average molecular weight is 391 g/mol. The molecule has 1 aromatic carbocycles. The van der Waals surface area contributed by atoms with Crippen molar-refractivity contribution in [3.63, 3.8) is 0 Å². The molecular weight excluding hydrogens is 377 g/mol. The van der Waals surface area contributed by atoms with Gasteiger partial charge in [-0.15, -0.1) is 0 Å². The summed E-state index contributed by atoms with van der Waals surface area (Å²) < 4.78 is 5.14. The molecule has 2 amide bonds. The molecule has 8 heteroatoms. The van der Waals surface area contributed by atoms with E-state index in [-0.39, 0.29) is 39.4 Å². The van der Waals surface area contributed by atoms with E-state index in [0.717, 1.165) is 17.7 Å². The van der Waals surface area contributed by atoms with Crippen LogP contribution in [0.25, 0.3) is 0 Å². The Balaban J connectivity index is 1.71. The number of nitrogens with zero attached hydrogens (tertiary/aromatic N) is 1. The number of likely N-dealkylation sites (tertiary alicyclic amines) is 1. The van der Waals surface area contributed by atoms with Gasteiger partial charge in [0.1, 0.15) is 6.54 Å². The van der Waals surface area contributed by atoms with Gasteiger partial charge in [-0.1, -0.05) is 47.6 Å². The molecule has 24 heavy (non-hydrogen) atoms. The molecule has 5 nitrogen and oxygen atoms in total. The number of hydrogen-bond acceptors (Lipinski definition) is 4. The number of benzene rings is 1. The van der Waals surface area contributed by atoms with Gasteiger partial charge in [-0.2, -0.15) is 0 Å². The van der Waals surface area contributed by atoms with Gasteiger partial charge in [0.05, 0.1) is 21.9 Å². The zero-order chi connectivity index (χ0) is 17.4. The predicted molar refractivity (Wildman–Crippen MR) is 89.3 cm³/mol. The van der Waals surface area contributed by atoms with Crippen molar-refractivity contribution >= 4 is 52.6 Å². The number of fused-ring (bicyclic) bond motifs is 1. The lowest BCUT2D eigenvalue weighted by atomic mass is 9.81. The standard InChI is InChI=1S/C16H14Cl3NO4/c17-8-5-11(18)14(12(19)6-8)24-13(21)7-20-15(22)9-3-1-2-4-10(9)16(20)23/h5-6,9-10H,1-4,7H2. The predicted octanol–water partition coefficient (Wildman–Crippen LogP) is 3.73. The normalized spacial score (nSPS) is 23.4. The summed E-state index contributed by atoms with van der Waals surface area (Å²) in [5, 5.41) is 0.459. The van der Waals surface area contributed by atoms with Crippen LogP contribution in [0.4, 0.5) is 0 Å². The monoisotopic (exact) mass is 389 g/mol. The second-order valence-electron chi connectivity index (χ2n) is 5.93. The largest absolute Gasteiger partial charge is 0.422 e. The number of imide groups is 1. The molecule has 1 aliphatic heterocycles. The first kappa shape index (κ1) is 17.5. The Morgan fingerprint density at radius 1 is 1.04 bits per heavy atom. The third-order valence-electron chi connectivity index (χ3n) is 4.40. The Morgan fingerprint density at radius 3 is 2.04 bits per heavy atom. The van der Waals surface area contributed by atoms with Gasteiger partial charge in [0.25, 0.3) is 0 Å². The highest BCUT2D eigenvalue weighted by Crippen LogP contribution is 2.38. The molecule has 2 atom stereocenters. The van der Waals surface area contributed by atoms with Gasteiger partial charge >= 0.3 is 5.97 Å². The molecule has 2 fully saturated rings. The van der Waals surface area contributed by atoms with E-state index in [4.69, 9.17) is 39.5 Å². The maximum atomic E-state index is 12.3. The van der Waals surface area contributed by atoms with Crippen LogP contribution < -0.4 is 4.74 Å². The molecule has 2 aliphatic rings. The van der Waals surface area contributed by atoms with Gasteiger partial charge < -0.3 is 4.74 Å². The summed E-state index contributed by atoms with van der Waals surface area (Å²) in [5.41, 5.74) is 0. The van der Waals surface area contributed by atoms with Gasteiger partial charge in [-0.25, -0.2) is 4.79 Å². The summed E-state index contributed by atoms with van der Waals surface area (Å²) in [5.74, 6) is -2.01. The van der Waals surface area contributed by atoms with Crippen LogP contribution in [0.2, 0.25) is 15.1 Å². The highest BCUT2D eigenvalue weighted by molar-refractivity contribution is 6.40. The number of hydrogen-bond donors (Lipinski definition) is 0. The van der Waals surface area contributed by atoms with Crippen molar-refractivity contribution in [1.82, 2.24) is 4.90 Å². The van der Waals surface area contributed by atoms with Gasteiger partial charge in [-0.3, -0.25) is 14.5 Å². The van der Waals surface area contributed by atoms with Crippen molar-refractivity contribution in [2.24, 2.45) is 11.8 Å². The molecule has 1 aliphatic carbocycles. The minimum Gasteiger partial charge on any atom is -0.422 e. The maximum Gasteiger partial charge on any atom is 0.331 e. The Morgan fingerprint density at radius 2 is 1.54 bits per heavy atom. The molecule has 1 saturated heterocycles. The average Bonchev–Trinajstić information content (AvgIpc) is 2.76. The van der Waals surface area contributed by atoms with Crippen molar-refractivity contribution in [3.05, 3.63) is 27.2 Å². The molecule has 0 bridgehead atoms. The summed E-state index contributed by atoms with van der Waals surface area (Å²) in [6, 6.07) is 2.77. The third-order valence-corrected chi connectivity index (χ3v) is 5.18. The lowest BCUT2D eigenvalue weighted by Crippen LogP contribution is -2.37. The zero-order valence-corrected chi connectivity index (χ0v) is 14.8. The topological polar surface area (TPSA) is 63.7 Å². The van der Waals surface area contributed by atoms with Crippen molar-refractivity contribution in [2.75, 3.05) is 6.54 Å². The lowest BCUT2D eigenvalue weighted by Gasteiger charge is -2.19. The van der Waals surface area contributed by atoms with E-state index >= 15 is 0 Å². The molecule has 1 saturated carbocycles. The summed E-state index contributed by atoms with van der Waals surface area (Å²) in [4.78, 5) is 37.8. The van der Waals surface area contributed by atoms with Crippen LogP contribution in [0.15, 0.2) is 12.1 Å². The fourth-order valence-electron chi connectivity index (χ4n) is 3.29. The number of amides is 2. The van der Waals surface area contributed by atoms with E-state index in [1.54, 1.807) is 0 Å². The van der Waals surface area contributed by atoms with E-state index in [2.05, 4.69) is 0 Å². The van der Waals surface area contributed by atoms with Crippen molar-refractivity contribution in [3.8, 4) is 5.75 Å². The van der Waals surface area contributed by atoms with Crippen LogP contribution in [0.3, 0.4) is 0 Å². The molecule has 128 valence electrons. The first-order chi connectivity index (χ1) is 11.4. The van der Waals surface area contributed by atoms with Crippen molar-refractivity contribution in [1.29, 1.82) is 0 Å². The van der Waals surface area contributed by atoms with E-state index in [9.17, 15) is 14.4 Å². The molecule has 0 N–H and O–H groups in total. The Labute approximate surface area is 153 Å². The molecule has 1 aromatic rings. The van der Waals surface area contributed by atoms with Crippen molar-refractivity contribution in [2.45, 2.75) is 25.7 Å². The van der Waals surface area contributed by atoms with Gasteiger partial charge in [0.15, 0.2) is 5.75 Å². The molecule has 3 rings (SSSR count). The van der Waals surface area contributed by atoms with E-state index in [0.29, 0.717) is 17.9 Å². The molecule has 0 radical (unpaired) electrons. The fraction of sp³-hybridized carbons (Fsp3) is 0.438. The number of esters is 1. The summed E-state index contributed by atoms with van der Waals surface area (Å²) in [7, 11) is 0. The van der Waals surface area contributed by atoms with Crippen LogP contribution in [0, 0.1) is 11.8 Å². The van der Waals surface area contributed by atoms with Gasteiger partial charge in [-0.05, 0) is 25.0 Å². The molecule has 0 spiro atoms. The van der Waals surface area contributed by atoms with Crippen molar-refractivity contribution < 1.29 is 19.1 Å². The molecular formula is C16H14Cl3NO4. The smallest absolute Gasteiger partial charge is 0.331 e. The third kappa shape index (κ3) is 3.25. The SMILES string of the molecule is O=C(CN1C(=O)C2CCCCC2C1=O)Oc1c(Cl)cc(Cl)cc1Cl. The number of rotatable bonds is 3. The zero-order valence-electron chi connectivity index (χ0n) is 12.6. The number of carbonyl (C=O) groups is 3. The molecule has 1 heterocycles. The minimum absolute atomic E-state index is 0.0377. The first-order valence-electron chi connectivity index (χ1n) is 7.59. The molecule has 2 unspecified atom stereocenters. The summed E-state index contributed by atoms with van der Waals surface area (Å²) in [6.45, 7) is -0.444. The Bertz CT molecular complexity index is 674. The number of halogens is 3. The summed E-state index contributed by atoms with van der Waals surface area (Å²) in [6.07, 6.45) is 3.23. The lowest BCUT2D eigenvalue weighted by molar-refractivity contribution is -0.148. The first-order valence-corrected chi connectivity index (χ1v) is 8.72. The van der Waals surface area contributed by atoms with E-state index in [1.165, 1.54) is 12.1 Å². The van der Waals surface area contributed by atoms with Gasteiger partial charge in [0, 0.05) is 5.02 Å².